The van der Waals surface area contributed by atoms with Crippen molar-refractivity contribution in [2.24, 2.45) is 5.84 Å². The van der Waals surface area contributed by atoms with E-state index in [0.717, 1.165) is 38.3 Å². The molecule has 0 aliphatic carbocycles. The quantitative estimate of drug-likeness (QED) is 0.666. The fourth-order valence-corrected chi connectivity index (χ4v) is 3.31. The molecule has 116 valence electrons. The van der Waals surface area contributed by atoms with Crippen LogP contribution in [0.2, 0.25) is 0 Å². The van der Waals surface area contributed by atoms with Crippen molar-refractivity contribution in [3.63, 3.8) is 0 Å². The number of benzene rings is 1. The van der Waals surface area contributed by atoms with Crippen molar-refractivity contribution in [2.75, 3.05) is 32.8 Å². The van der Waals surface area contributed by atoms with E-state index >= 15 is 0 Å². The standard InChI is InChI=1S/C17H27N3O/c18-20-11-7-15-5-6-17(13-16(15)14-20)21-12-4-10-19-8-2-1-3-9-19/h5-6,13H,1-4,7-12,14,18H2. The zero-order chi connectivity index (χ0) is 14.5. The third kappa shape index (κ3) is 4.19. The average Bonchev–Trinajstić information content (AvgIpc) is 2.52. The largest absolute Gasteiger partial charge is 0.494 e. The molecule has 4 nitrogen and oxygen atoms in total. The van der Waals surface area contributed by atoms with Crippen molar-refractivity contribution in [2.45, 2.75) is 38.6 Å². The molecule has 0 amide bonds. The van der Waals surface area contributed by atoms with Gasteiger partial charge in [0.2, 0.25) is 0 Å². The van der Waals surface area contributed by atoms with Gasteiger partial charge >= 0.3 is 0 Å². The Hall–Kier alpha value is -1.10. The highest BCUT2D eigenvalue weighted by Gasteiger charge is 2.14. The summed E-state index contributed by atoms with van der Waals surface area (Å²) in [5.41, 5.74) is 2.73. The van der Waals surface area contributed by atoms with Crippen LogP contribution in [0, 0.1) is 0 Å². The maximum Gasteiger partial charge on any atom is 0.119 e. The first-order chi connectivity index (χ1) is 10.3. The van der Waals surface area contributed by atoms with Crippen LogP contribution >= 0.6 is 0 Å². The lowest BCUT2D eigenvalue weighted by Crippen LogP contribution is -2.36. The van der Waals surface area contributed by atoms with Crippen LogP contribution in [-0.2, 0) is 13.0 Å². The van der Waals surface area contributed by atoms with Gasteiger partial charge in [0.1, 0.15) is 5.75 Å². The van der Waals surface area contributed by atoms with Gasteiger partial charge < -0.3 is 9.64 Å². The van der Waals surface area contributed by atoms with Crippen molar-refractivity contribution in [3.05, 3.63) is 29.3 Å². The Kier molecular flexibility index (Phi) is 5.12. The van der Waals surface area contributed by atoms with Gasteiger partial charge in [0, 0.05) is 19.6 Å². The van der Waals surface area contributed by atoms with Gasteiger partial charge in [-0.05, 0) is 62.0 Å². The van der Waals surface area contributed by atoms with Gasteiger partial charge in [0.15, 0.2) is 0 Å². The molecule has 2 heterocycles. The van der Waals surface area contributed by atoms with E-state index in [1.165, 1.54) is 50.0 Å². The molecule has 1 fully saturated rings. The number of rotatable bonds is 5. The van der Waals surface area contributed by atoms with Crippen molar-refractivity contribution < 1.29 is 4.74 Å². The number of nitrogens with two attached hydrogens (primary N) is 1. The molecule has 21 heavy (non-hydrogen) atoms. The number of hydrogen-bond donors (Lipinski definition) is 1. The highest BCUT2D eigenvalue weighted by Crippen LogP contribution is 2.22. The summed E-state index contributed by atoms with van der Waals surface area (Å²) in [6, 6.07) is 6.46. The molecule has 3 rings (SSSR count). The Bertz CT molecular complexity index is 457. The molecule has 0 saturated carbocycles. The third-order valence-electron chi connectivity index (χ3n) is 4.56. The molecule has 0 bridgehead atoms. The fraction of sp³-hybridized carbons (Fsp3) is 0.647. The summed E-state index contributed by atoms with van der Waals surface area (Å²) in [6.07, 6.45) is 6.28. The molecule has 0 aromatic heterocycles. The number of nitrogens with zero attached hydrogens (tertiary/aromatic N) is 2. The van der Waals surface area contributed by atoms with Gasteiger partial charge in [-0.1, -0.05) is 12.5 Å². The van der Waals surface area contributed by atoms with Crippen LogP contribution < -0.4 is 10.6 Å². The summed E-state index contributed by atoms with van der Waals surface area (Å²) in [5, 5.41) is 1.88. The maximum atomic E-state index is 5.91. The van der Waals surface area contributed by atoms with E-state index in [-0.39, 0.29) is 0 Å². The van der Waals surface area contributed by atoms with Crippen LogP contribution in [-0.4, -0.2) is 42.7 Å². The first-order valence-electron chi connectivity index (χ1n) is 8.28. The summed E-state index contributed by atoms with van der Waals surface area (Å²) in [6.45, 7) is 6.29. The van der Waals surface area contributed by atoms with E-state index in [0.29, 0.717) is 0 Å². The minimum Gasteiger partial charge on any atom is -0.494 e. The minimum absolute atomic E-state index is 0.807. The van der Waals surface area contributed by atoms with Gasteiger partial charge in [-0.2, -0.15) is 0 Å². The Morgan fingerprint density at radius 1 is 1.05 bits per heavy atom. The fourth-order valence-electron chi connectivity index (χ4n) is 3.31. The lowest BCUT2D eigenvalue weighted by Gasteiger charge is -2.26. The Balaban J connectivity index is 1.44. The Morgan fingerprint density at radius 3 is 2.76 bits per heavy atom. The van der Waals surface area contributed by atoms with Gasteiger partial charge in [0.25, 0.3) is 0 Å². The first kappa shape index (κ1) is 14.8. The van der Waals surface area contributed by atoms with E-state index in [4.69, 9.17) is 10.6 Å². The summed E-state index contributed by atoms with van der Waals surface area (Å²) in [7, 11) is 0. The molecule has 2 N–H and O–H groups in total. The third-order valence-corrected chi connectivity index (χ3v) is 4.56. The predicted octanol–water partition coefficient (Wildman–Crippen LogP) is 2.17. The molecule has 2 aliphatic heterocycles. The first-order valence-corrected chi connectivity index (χ1v) is 8.28. The molecular weight excluding hydrogens is 262 g/mol. The van der Waals surface area contributed by atoms with Gasteiger partial charge in [0.05, 0.1) is 6.61 Å². The van der Waals surface area contributed by atoms with Crippen LogP contribution in [0.1, 0.15) is 36.8 Å². The second-order valence-electron chi connectivity index (χ2n) is 6.26. The molecule has 0 spiro atoms. The molecule has 1 aromatic rings. The van der Waals surface area contributed by atoms with Crippen molar-refractivity contribution >= 4 is 0 Å². The number of piperidine rings is 1. The molecular formula is C17H27N3O. The lowest BCUT2D eigenvalue weighted by atomic mass is 10.0. The second-order valence-corrected chi connectivity index (χ2v) is 6.26. The lowest BCUT2D eigenvalue weighted by molar-refractivity contribution is 0.204. The number of ether oxygens (including phenoxy) is 1. The zero-order valence-electron chi connectivity index (χ0n) is 12.9. The van der Waals surface area contributed by atoms with Crippen LogP contribution in [0.4, 0.5) is 0 Å². The normalized spacial score (nSPS) is 20.2. The summed E-state index contributed by atoms with van der Waals surface area (Å²) < 4.78 is 5.91. The van der Waals surface area contributed by atoms with E-state index in [1.54, 1.807) is 0 Å². The topological polar surface area (TPSA) is 41.7 Å². The minimum atomic E-state index is 0.807. The molecule has 4 heteroatoms. The molecule has 2 aliphatic rings. The second kappa shape index (κ2) is 7.25. The smallest absolute Gasteiger partial charge is 0.119 e. The number of fused-ring (bicyclic) bond motifs is 1. The van der Waals surface area contributed by atoms with Crippen LogP contribution in [0.5, 0.6) is 5.75 Å². The predicted molar refractivity (Wildman–Crippen MR) is 85.1 cm³/mol. The molecule has 0 atom stereocenters. The Morgan fingerprint density at radius 2 is 1.90 bits per heavy atom. The van der Waals surface area contributed by atoms with E-state index in [1.807, 2.05) is 5.01 Å². The maximum absolute atomic E-state index is 5.91. The number of hydrogen-bond acceptors (Lipinski definition) is 4. The molecule has 0 radical (unpaired) electrons. The monoisotopic (exact) mass is 289 g/mol. The summed E-state index contributed by atoms with van der Waals surface area (Å²) in [5.74, 6) is 6.88. The van der Waals surface area contributed by atoms with Crippen LogP contribution in [0.3, 0.4) is 0 Å². The van der Waals surface area contributed by atoms with Gasteiger partial charge in [-0.25, -0.2) is 5.01 Å². The average molecular weight is 289 g/mol. The highest BCUT2D eigenvalue weighted by molar-refractivity contribution is 5.37. The van der Waals surface area contributed by atoms with E-state index < -0.39 is 0 Å². The van der Waals surface area contributed by atoms with Crippen LogP contribution in [0.25, 0.3) is 0 Å². The van der Waals surface area contributed by atoms with Gasteiger partial charge in [-0.3, -0.25) is 5.84 Å². The van der Waals surface area contributed by atoms with E-state index in [2.05, 4.69) is 23.1 Å². The van der Waals surface area contributed by atoms with E-state index in [9.17, 15) is 0 Å². The van der Waals surface area contributed by atoms with Gasteiger partial charge in [-0.15, -0.1) is 0 Å². The van der Waals surface area contributed by atoms with Crippen molar-refractivity contribution in [3.8, 4) is 5.75 Å². The molecule has 0 unspecified atom stereocenters. The summed E-state index contributed by atoms with van der Waals surface area (Å²) >= 11 is 0. The zero-order valence-corrected chi connectivity index (χ0v) is 12.9. The van der Waals surface area contributed by atoms with Crippen molar-refractivity contribution in [1.29, 1.82) is 0 Å². The number of likely N-dealkylation sites (tertiary alicyclic amines) is 1. The van der Waals surface area contributed by atoms with Crippen molar-refractivity contribution in [1.82, 2.24) is 9.91 Å². The molecule has 1 aromatic carbocycles. The molecule has 1 saturated heterocycles. The van der Waals surface area contributed by atoms with Crippen LogP contribution in [0.15, 0.2) is 18.2 Å². The Labute approximate surface area is 127 Å². The highest BCUT2D eigenvalue weighted by atomic mass is 16.5. The number of hydrazine groups is 1. The SMILES string of the molecule is NN1CCc2ccc(OCCCN3CCCCC3)cc2C1. The summed E-state index contributed by atoms with van der Waals surface area (Å²) in [4.78, 5) is 2.56.